The number of amides is 2. The molecule has 1 aromatic rings. The summed E-state index contributed by atoms with van der Waals surface area (Å²) in [6, 6.07) is 10.4. The van der Waals surface area contributed by atoms with Crippen LogP contribution in [0.1, 0.15) is 30.9 Å². The van der Waals surface area contributed by atoms with Crippen molar-refractivity contribution in [2.45, 2.75) is 25.3 Å². The van der Waals surface area contributed by atoms with Gasteiger partial charge >= 0.3 is 6.03 Å². The molecule has 3 fully saturated rings. The van der Waals surface area contributed by atoms with E-state index in [1.807, 2.05) is 23.1 Å². The van der Waals surface area contributed by atoms with Crippen LogP contribution in [0.3, 0.4) is 0 Å². The zero-order chi connectivity index (χ0) is 16.1. The maximum absolute atomic E-state index is 12.9. The minimum atomic E-state index is -2.96. The van der Waals surface area contributed by atoms with Crippen LogP contribution in [0.25, 0.3) is 0 Å². The van der Waals surface area contributed by atoms with Crippen LogP contribution in [0.2, 0.25) is 0 Å². The smallest absolute Gasteiger partial charge is 0.320 e. The van der Waals surface area contributed by atoms with Gasteiger partial charge in [0.15, 0.2) is 9.84 Å². The molecule has 6 heteroatoms. The molecule has 0 N–H and O–H groups in total. The zero-order valence-corrected chi connectivity index (χ0v) is 14.0. The number of likely N-dealkylation sites (tertiary alicyclic amines) is 1. The van der Waals surface area contributed by atoms with Gasteiger partial charge in [0.2, 0.25) is 0 Å². The molecule has 23 heavy (non-hydrogen) atoms. The number of sulfone groups is 1. The highest BCUT2D eigenvalue weighted by atomic mass is 32.2. The zero-order valence-electron chi connectivity index (χ0n) is 13.1. The summed E-state index contributed by atoms with van der Waals surface area (Å²) < 4.78 is 23.1. The molecular formula is C17H22N2O3S. The molecule has 1 spiro atoms. The molecule has 2 saturated heterocycles. The first-order valence-electron chi connectivity index (χ1n) is 8.32. The minimum Gasteiger partial charge on any atom is -0.323 e. The second-order valence-corrected chi connectivity index (χ2v) is 9.38. The molecular weight excluding hydrogens is 312 g/mol. The quantitative estimate of drug-likeness (QED) is 0.790. The van der Waals surface area contributed by atoms with E-state index in [2.05, 4.69) is 12.1 Å². The van der Waals surface area contributed by atoms with Crippen molar-refractivity contribution >= 4 is 15.9 Å². The fourth-order valence-electron chi connectivity index (χ4n) is 4.23. The highest BCUT2D eigenvalue weighted by Gasteiger charge is 2.58. The van der Waals surface area contributed by atoms with Crippen LogP contribution >= 0.6 is 0 Å². The largest absolute Gasteiger partial charge is 0.323 e. The van der Waals surface area contributed by atoms with Crippen LogP contribution in [0.5, 0.6) is 0 Å². The number of carbonyl (C=O) groups is 1. The van der Waals surface area contributed by atoms with E-state index in [0.29, 0.717) is 13.1 Å². The molecule has 5 nitrogen and oxygen atoms in total. The molecule has 0 bridgehead atoms. The van der Waals surface area contributed by atoms with Crippen molar-refractivity contribution in [2.24, 2.45) is 5.41 Å². The van der Waals surface area contributed by atoms with E-state index in [0.717, 1.165) is 6.54 Å². The molecule has 4 rings (SSSR count). The van der Waals surface area contributed by atoms with E-state index in [9.17, 15) is 13.2 Å². The average molecular weight is 334 g/mol. The summed E-state index contributed by atoms with van der Waals surface area (Å²) in [4.78, 5) is 16.5. The van der Waals surface area contributed by atoms with Crippen molar-refractivity contribution in [1.82, 2.24) is 9.80 Å². The standard InChI is InChI=1S/C17H22N2O3S/c20-16(18-9-11-23(21,22)12-10-18)19-13-17(7-4-8-17)15(19)14-5-2-1-3-6-14/h1-3,5-6,15H,4,7-13H2. The molecule has 1 unspecified atom stereocenters. The Hall–Kier alpha value is -1.56. The van der Waals surface area contributed by atoms with Gasteiger partial charge in [-0.25, -0.2) is 13.2 Å². The molecule has 3 aliphatic rings. The molecule has 0 radical (unpaired) electrons. The molecule has 2 heterocycles. The monoisotopic (exact) mass is 334 g/mol. The fraction of sp³-hybridized carbons (Fsp3) is 0.588. The number of carbonyl (C=O) groups excluding carboxylic acids is 1. The summed E-state index contributed by atoms with van der Waals surface area (Å²) in [7, 11) is -2.96. The molecule has 1 saturated carbocycles. The Kier molecular flexibility index (Phi) is 3.41. The van der Waals surface area contributed by atoms with Crippen LogP contribution in [-0.4, -0.2) is 55.4 Å². The Morgan fingerprint density at radius 3 is 2.30 bits per heavy atom. The summed E-state index contributed by atoms with van der Waals surface area (Å²) in [5.41, 5.74) is 1.47. The van der Waals surface area contributed by atoms with Gasteiger partial charge in [-0.05, 0) is 18.4 Å². The maximum atomic E-state index is 12.9. The number of hydrogen-bond donors (Lipinski definition) is 0. The lowest BCUT2D eigenvalue weighted by Gasteiger charge is -2.63. The summed E-state index contributed by atoms with van der Waals surface area (Å²) in [6.45, 7) is 1.47. The van der Waals surface area contributed by atoms with Crippen molar-refractivity contribution in [1.29, 1.82) is 0 Å². The van der Waals surface area contributed by atoms with Gasteiger partial charge in [-0.15, -0.1) is 0 Å². The van der Waals surface area contributed by atoms with Crippen LogP contribution in [0.4, 0.5) is 4.79 Å². The van der Waals surface area contributed by atoms with E-state index in [1.54, 1.807) is 4.90 Å². The Balaban J connectivity index is 1.53. The molecule has 2 amide bonds. The molecule has 124 valence electrons. The maximum Gasteiger partial charge on any atom is 0.320 e. The van der Waals surface area contributed by atoms with E-state index >= 15 is 0 Å². The SMILES string of the molecule is O=C(N1CCS(=O)(=O)CC1)N1CC2(CCC2)C1c1ccccc1. The number of urea groups is 1. The van der Waals surface area contributed by atoms with Gasteiger partial charge in [0, 0.05) is 25.0 Å². The molecule has 2 aliphatic heterocycles. The lowest BCUT2D eigenvalue weighted by atomic mass is 9.56. The first kappa shape index (κ1) is 15.0. The van der Waals surface area contributed by atoms with Crippen molar-refractivity contribution in [3.05, 3.63) is 35.9 Å². The van der Waals surface area contributed by atoms with E-state index in [1.165, 1.54) is 24.8 Å². The predicted molar refractivity (Wildman–Crippen MR) is 87.8 cm³/mol. The Morgan fingerprint density at radius 1 is 1.09 bits per heavy atom. The molecule has 1 aliphatic carbocycles. The number of nitrogens with zero attached hydrogens (tertiary/aromatic N) is 2. The summed E-state index contributed by atoms with van der Waals surface area (Å²) in [6.07, 6.45) is 3.61. The Labute approximate surface area is 137 Å². The third-order valence-electron chi connectivity index (χ3n) is 5.70. The van der Waals surface area contributed by atoms with Gasteiger partial charge in [0.25, 0.3) is 0 Å². The van der Waals surface area contributed by atoms with Gasteiger partial charge in [-0.3, -0.25) is 0 Å². The third kappa shape index (κ3) is 2.43. The van der Waals surface area contributed by atoms with E-state index in [-0.39, 0.29) is 29.0 Å². The molecule has 0 aromatic heterocycles. The highest BCUT2D eigenvalue weighted by Crippen LogP contribution is 2.60. The lowest BCUT2D eigenvalue weighted by molar-refractivity contribution is -0.106. The normalized spacial score (nSPS) is 28.1. The summed E-state index contributed by atoms with van der Waals surface area (Å²) in [5.74, 6) is 0.182. The van der Waals surface area contributed by atoms with Gasteiger partial charge < -0.3 is 9.80 Å². The fourth-order valence-corrected chi connectivity index (χ4v) is 5.43. The number of benzene rings is 1. The van der Waals surface area contributed by atoms with Gasteiger partial charge in [-0.1, -0.05) is 36.8 Å². The molecule has 1 atom stereocenters. The van der Waals surface area contributed by atoms with Gasteiger partial charge in [-0.2, -0.15) is 0 Å². The predicted octanol–water partition coefficient (Wildman–Crippen LogP) is 2.06. The second kappa shape index (κ2) is 5.23. The van der Waals surface area contributed by atoms with Crippen molar-refractivity contribution in [3.63, 3.8) is 0 Å². The first-order valence-corrected chi connectivity index (χ1v) is 10.1. The Bertz CT molecular complexity index is 699. The first-order chi connectivity index (χ1) is 11.0. The summed E-state index contributed by atoms with van der Waals surface area (Å²) in [5, 5.41) is 0. The summed E-state index contributed by atoms with van der Waals surface area (Å²) >= 11 is 0. The van der Waals surface area contributed by atoms with Gasteiger partial charge in [0.05, 0.1) is 17.5 Å². The minimum absolute atomic E-state index is 0.00581. The topological polar surface area (TPSA) is 57.7 Å². The lowest BCUT2D eigenvalue weighted by Crippen LogP contribution is -2.66. The van der Waals surface area contributed by atoms with Crippen LogP contribution in [0.15, 0.2) is 30.3 Å². The highest BCUT2D eigenvalue weighted by molar-refractivity contribution is 7.91. The van der Waals surface area contributed by atoms with Crippen LogP contribution in [-0.2, 0) is 9.84 Å². The van der Waals surface area contributed by atoms with Crippen molar-refractivity contribution in [2.75, 3.05) is 31.1 Å². The second-order valence-electron chi connectivity index (χ2n) is 7.08. The average Bonchev–Trinajstić information content (AvgIpc) is 2.45. The Morgan fingerprint density at radius 2 is 1.74 bits per heavy atom. The van der Waals surface area contributed by atoms with E-state index < -0.39 is 9.84 Å². The van der Waals surface area contributed by atoms with E-state index in [4.69, 9.17) is 0 Å². The molecule has 1 aromatic carbocycles. The third-order valence-corrected chi connectivity index (χ3v) is 7.31. The number of rotatable bonds is 1. The van der Waals surface area contributed by atoms with Crippen molar-refractivity contribution in [3.8, 4) is 0 Å². The van der Waals surface area contributed by atoms with Crippen LogP contribution in [0, 0.1) is 5.41 Å². The van der Waals surface area contributed by atoms with Crippen molar-refractivity contribution < 1.29 is 13.2 Å². The van der Waals surface area contributed by atoms with Crippen LogP contribution < -0.4 is 0 Å². The van der Waals surface area contributed by atoms with Gasteiger partial charge in [0.1, 0.15) is 0 Å². The number of hydrogen-bond acceptors (Lipinski definition) is 3.